The van der Waals surface area contributed by atoms with E-state index in [2.05, 4.69) is 19.2 Å². The Labute approximate surface area is 261 Å². The van der Waals surface area contributed by atoms with E-state index in [0.717, 1.165) is 38.5 Å². The van der Waals surface area contributed by atoms with Crippen molar-refractivity contribution in [2.24, 2.45) is 0 Å². The maximum absolute atomic E-state index is 12.4. The van der Waals surface area contributed by atoms with Crippen LogP contribution in [-0.2, 0) is 14.9 Å². The summed E-state index contributed by atoms with van der Waals surface area (Å²) in [6.45, 7) is 4.46. The largest absolute Gasteiger partial charge is 0.387 e. The molecule has 0 spiro atoms. The van der Waals surface area contributed by atoms with Crippen molar-refractivity contribution < 1.29 is 22.9 Å². The third-order valence-electron chi connectivity index (χ3n) is 8.21. The molecule has 7 heteroatoms. The molecular weight excluding hydrogens is 546 g/mol. The van der Waals surface area contributed by atoms with Crippen molar-refractivity contribution >= 4 is 16.0 Å². The average molecular weight is 616 g/mol. The van der Waals surface area contributed by atoms with Gasteiger partial charge in [0.05, 0.1) is 17.9 Å². The summed E-state index contributed by atoms with van der Waals surface area (Å²) in [6.07, 6.45) is 35.0. The quantitative estimate of drug-likeness (QED) is 0.0397. The minimum Gasteiger partial charge on any atom is -0.387 e. The van der Waals surface area contributed by atoms with E-state index < -0.39 is 28.0 Å². The van der Waals surface area contributed by atoms with Crippen LogP contribution in [0.1, 0.15) is 187 Å². The number of carbonyl (C=O) groups is 1. The Morgan fingerprint density at radius 3 is 1.36 bits per heavy atom. The van der Waals surface area contributed by atoms with Gasteiger partial charge in [0.25, 0.3) is 10.1 Å². The highest BCUT2D eigenvalue weighted by atomic mass is 32.2. The van der Waals surface area contributed by atoms with Crippen LogP contribution >= 0.6 is 0 Å². The summed E-state index contributed by atoms with van der Waals surface area (Å²) >= 11 is 0. The Morgan fingerprint density at radius 2 is 0.976 bits per heavy atom. The molecule has 42 heavy (non-hydrogen) atoms. The van der Waals surface area contributed by atoms with Gasteiger partial charge in [-0.3, -0.25) is 9.35 Å². The first-order valence-electron chi connectivity index (χ1n) is 17.9. The van der Waals surface area contributed by atoms with Crippen LogP contribution in [0.4, 0.5) is 0 Å². The van der Waals surface area contributed by atoms with Gasteiger partial charge < -0.3 is 10.4 Å². The van der Waals surface area contributed by atoms with Crippen LogP contribution in [0.25, 0.3) is 0 Å². The molecule has 0 fully saturated rings. The first-order chi connectivity index (χ1) is 20.3. The topological polar surface area (TPSA) is 104 Å². The standard InChI is InChI=1S/C35H69NO5S/c1-3-5-7-9-11-13-14-15-16-17-18-19-20-21-22-23-25-27-29-31-35(38)36-33(32-42(39,40)41)34(37)30-28-26-24-12-10-8-6-4-2/h28,30,33-34,37H,3-27,29,31-32H2,1-2H3,(H,36,38)(H,39,40,41)/b30-28+. The number of unbranched alkanes of at least 4 members (excludes halogenated alkanes) is 24. The van der Waals surface area contributed by atoms with E-state index in [4.69, 9.17) is 0 Å². The van der Waals surface area contributed by atoms with Crippen molar-refractivity contribution in [2.45, 2.75) is 199 Å². The second-order valence-electron chi connectivity index (χ2n) is 12.5. The molecule has 0 aromatic carbocycles. The number of rotatable bonds is 32. The van der Waals surface area contributed by atoms with Crippen molar-refractivity contribution in [1.82, 2.24) is 5.32 Å². The maximum Gasteiger partial charge on any atom is 0.267 e. The lowest BCUT2D eigenvalue weighted by Crippen LogP contribution is -2.46. The van der Waals surface area contributed by atoms with Gasteiger partial charge in [0.1, 0.15) is 0 Å². The summed E-state index contributed by atoms with van der Waals surface area (Å²) < 4.78 is 32.2. The Balaban J connectivity index is 3.83. The zero-order chi connectivity index (χ0) is 31.2. The van der Waals surface area contributed by atoms with Gasteiger partial charge in [0, 0.05) is 6.42 Å². The van der Waals surface area contributed by atoms with Gasteiger partial charge in [-0.1, -0.05) is 174 Å². The van der Waals surface area contributed by atoms with Crippen LogP contribution in [-0.4, -0.2) is 41.9 Å². The van der Waals surface area contributed by atoms with E-state index in [0.29, 0.717) is 6.42 Å². The number of nitrogens with one attached hydrogen (secondary N) is 1. The summed E-state index contributed by atoms with van der Waals surface area (Å²) in [5, 5.41) is 13.1. The molecule has 0 saturated carbocycles. The summed E-state index contributed by atoms with van der Waals surface area (Å²) in [6, 6.07) is -1.05. The minimum absolute atomic E-state index is 0.279. The van der Waals surface area contributed by atoms with Crippen molar-refractivity contribution in [1.29, 1.82) is 0 Å². The SMILES string of the molecule is CCCCCCCC/C=C/C(O)C(CS(=O)(=O)O)NC(=O)CCCCCCCCCCCCCCCCCCCCC. The molecule has 0 aliphatic carbocycles. The highest BCUT2D eigenvalue weighted by Crippen LogP contribution is 2.15. The molecule has 3 N–H and O–H groups in total. The number of aliphatic hydroxyl groups excluding tert-OH is 1. The monoisotopic (exact) mass is 615 g/mol. The molecule has 0 aromatic rings. The van der Waals surface area contributed by atoms with Crippen molar-refractivity contribution in [3.8, 4) is 0 Å². The second-order valence-corrected chi connectivity index (χ2v) is 14.0. The van der Waals surface area contributed by atoms with Gasteiger partial charge in [0.15, 0.2) is 0 Å². The molecule has 0 aliphatic rings. The number of carbonyl (C=O) groups excluding carboxylic acids is 1. The molecule has 0 rings (SSSR count). The fraction of sp³-hybridized carbons (Fsp3) is 0.914. The number of hydrogen-bond acceptors (Lipinski definition) is 4. The summed E-state index contributed by atoms with van der Waals surface area (Å²) in [5.41, 5.74) is 0. The fourth-order valence-corrected chi connectivity index (χ4v) is 6.24. The third kappa shape index (κ3) is 30.5. The molecule has 0 bridgehead atoms. The van der Waals surface area contributed by atoms with Crippen LogP contribution in [0.5, 0.6) is 0 Å². The van der Waals surface area contributed by atoms with Crippen molar-refractivity contribution in [3.63, 3.8) is 0 Å². The second kappa shape index (κ2) is 30.1. The van der Waals surface area contributed by atoms with Crippen LogP contribution in [0.3, 0.4) is 0 Å². The predicted molar refractivity (Wildman–Crippen MR) is 180 cm³/mol. The van der Waals surface area contributed by atoms with Crippen molar-refractivity contribution in [2.75, 3.05) is 5.75 Å². The van der Waals surface area contributed by atoms with E-state index in [1.54, 1.807) is 6.08 Å². The first-order valence-corrected chi connectivity index (χ1v) is 19.5. The van der Waals surface area contributed by atoms with Crippen LogP contribution in [0.15, 0.2) is 12.2 Å². The summed E-state index contributed by atoms with van der Waals surface area (Å²) in [5.74, 6) is -0.973. The Morgan fingerprint density at radius 1 is 0.619 bits per heavy atom. The molecular formula is C35H69NO5S. The minimum atomic E-state index is -4.33. The van der Waals surface area contributed by atoms with Gasteiger partial charge >= 0.3 is 0 Å². The van der Waals surface area contributed by atoms with Crippen LogP contribution in [0, 0.1) is 0 Å². The Kier molecular flexibility index (Phi) is 29.5. The van der Waals surface area contributed by atoms with Crippen LogP contribution < -0.4 is 5.32 Å². The normalized spacial score (nSPS) is 13.5. The number of allylic oxidation sites excluding steroid dienone is 1. The number of hydrogen-bond donors (Lipinski definition) is 3. The lowest BCUT2D eigenvalue weighted by Gasteiger charge is -2.21. The van der Waals surface area contributed by atoms with E-state index in [1.807, 2.05) is 6.08 Å². The molecule has 0 saturated heterocycles. The average Bonchev–Trinajstić information content (AvgIpc) is 2.94. The van der Waals surface area contributed by atoms with Gasteiger partial charge in [-0.2, -0.15) is 8.42 Å². The van der Waals surface area contributed by atoms with E-state index in [1.165, 1.54) is 128 Å². The van der Waals surface area contributed by atoms with Gasteiger partial charge in [-0.05, 0) is 19.3 Å². The van der Waals surface area contributed by atoms with E-state index in [-0.39, 0.29) is 5.91 Å². The molecule has 0 heterocycles. The summed E-state index contributed by atoms with van der Waals surface area (Å²) in [7, 11) is -4.33. The molecule has 0 aromatic heterocycles. The first kappa shape index (κ1) is 41.1. The highest BCUT2D eigenvalue weighted by Gasteiger charge is 2.24. The smallest absolute Gasteiger partial charge is 0.267 e. The summed E-state index contributed by atoms with van der Waals surface area (Å²) in [4.78, 5) is 12.4. The number of aliphatic hydroxyl groups is 1. The predicted octanol–water partition coefficient (Wildman–Crippen LogP) is 9.85. The third-order valence-corrected chi connectivity index (χ3v) is 8.99. The molecule has 2 unspecified atom stereocenters. The maximum atomic E-state index is 12.4. The van der Waals surface area contributed by atoms with Crippen LogP contribution in [0.2, 0.25) is 0 Å². The van der Waals surface area contributed by atoms with Gasteiger partial charge in [-0.15, -0.1) is 0 Å². The van der Waals surface area contributed by atoms with E-state index in [9.17, 15) is 22.9 Å². The number of amides is 1. The Bertz CT molecular complexity index is 725. The zero-order valence-corrected chi connectivity index (χ0v) is 28.5. The molecule has 2 atom stereocenters. The van der Waals surface area contributed by atoms with Gasteiger partial charge in [0.2, 0.25) is 5.91 Å². The lowest BCUT2D eigenvalue weighted by molar-refractivity contribution is -0.122. The molecule has 0 aliphatic heterocycles. The molecule has 250 valence electrons. The lowest BCUT2D eigenvalue weighted by atomic mass is 10.0. The highest BCUT2D eigenvalue weighted by molar-refractivity contribution is 7.85. The van der Waals surface area contributed by atoms with Crippen molar-refractivity contribution in [3.05, 3.63) is 12.2 Å². The van der Waals surface area contributed by atoms with Gasteiger partial charge in [-0.25, -0.2) is 0 Å². The van der Waals surface area contributed by atoms with E-state index >= 15 is 0 Å². The molecule has 6 nitrogen and oxygen atoms in total. The molecule has 1 amide bonds. The zero-order valence-electron chi connectivity index (χ0n) is 27.6. The molecule has 0 radical (unpaired) electrons. The fourth-order valence-electron chi connectivity index (χ4n) is 5.51. The Hall–Kier alpha value is -0.920.